The molecule has 3 rings (SSSR count). The monoisotopic (exact) mass is 309 g/mol. The molecule has 120 valence electrons. The van der Waals surface area contributed by atoms with Crippen molar-refractivity contribution in [1.82, 2.24) is 0 Å². The van der Waals surface area contributed by atoms with E-state index in [-0.39, 0.29) is 5.91 Å². The summed E-state index contributed by atoms with van der Waals surface area (Å²) in [4.78, 5) is 14.6. The molecule has 1 amide bonds. The van der Waals surface area contributed by atoms with Crippen molar-refractivity contribution in [3.05, 3.63) is 59.2 Å². The molecule has 1 heterocycles. The lowest BCUT2D eigenvalue weighted by atomic mass is 9.96. The predicted molar refractivity (Wildman–Crippen MR) is 93.5 cm³/mol. The van der Waals surface area contributed by atoms with Crippen molar-refractivity contribution >= 4 is 11.6 Å². The van der Waals surface area contributed by atoms with Gasteiger partial charge in [-0.05, 0) is 60.2 Å². The number of carbonyl (C=O) groups is 1. The van der Waals surface area contributed by atoms with Gasteiger partial charge in [0, 0.05) is 17.8 Å². The average molecular weight is 309 g/mol. The molecule has 0 aliphatic carbocycles. The van der Waals surface area contributed by atoms with Crippen LogP contribution < -0.4 is 9.64 Å². The fourth-order valence-electron chi connectivity index (χ4n) is 3.06. The Morgan fingerprint density at radius 3 is 2.57 bits per heavy atom. The van der Waals surface area contributed by atoms with Gasteiger partial charge in [-0.1, -0.05) is 26.0 Å². The van der Waals surface area contributed by atoms with Crippen LogP contribution in [-0.2, 0) is 6.42 Å². The molecule has 0 radical (unpaired) electrons. The third-order valence-electron chi connectivity index (χ3n) is 4.78. The van der Waals surface area contributed by atoms with E-state index in [1.165, 1.54) is 5.56 Å². The first-order valence-electron chi connectivity index (χ1n) is 8.22. The van der Waals surface area contributed by atoms with Crippen LogP contribution >= 0.6 is 0 Å². The summed E-state index contributed by atoms with van der Waals surface area (Å²) in [6, 6.07) is 14.1. The quantitative estimate of drug-likeness (QED) is 0.837. The predicted octanol–water partition coefficient (Wildman–Crippen LogP) is 4.41. The van der Waals surface area contributed by atoms with E-state index in [9.17, 15) is 4.79 Å². The van der Waals surface area contributed by atoms with Crippen molar-refractivity contribution in [2.45, 2.75) is 32.6 Å². The number of benzene rings is 2. The molecule has 23 heavy (non-hydrogen) atoms. The summed E-state index contributed by atoms with van der Waals surface area (Å²) in [6.45, 7) is 5.13. The van der Waals surface area contributed by atoms with Gasteiger partial charge >= 0.3 is 0 Å². The standard InChI is InChI=1S/C20H23NO2/c1-4-14(2)15-5-7-17(8-6-15)21-12-11-16-13-18(23-3)9-10-19(16)20(21)22/h5-10,13-14H,4,11-12H2,1-3H3/t14-/m1/s1. The number of ether oxygens (including phenoxy) is 1. The van der Waals surface area contributed by atoms with Gasteiger partial charge in [0.1, 0.15) is 5.75 Å². The fraction of sp³-hybridized carbons (Fsp3) is 0.350. The molecule has 0 bridgehead atoms. The first-order chi connectivity index (χ1) is 11.1. The second-order valence-electron chi connectivity index (χ2n) is 6.13. The van der Waals surface area contributed by atoms with Gasteiger partial charge < -0.3 is 9.64 Å². The second kappa shape index (κ2) is 6.45. The van der Waals surface area contributed by atoms with Crippen LogP contribution in [0.2, 0.25) is 0 Å². The summed E-state index contributed by atoms with van der Waals surface area (Å²) in [5.41, 5.74) is 4.15. The van der Waals surface area contributed by atoms with Gasteiger partial charge in [0.05, 0.1) is 7.11 Å². The molecule has 2 aromatic rings. The van der Waals surface area contributed by atoms with Crippen LogP contribution in [0.1, 0.15) is 47.7 Å². The lowest BCUT2D eigenvalue weighted by Crippen LogP contribution is -2.37. The molecule has 0 unspecified atom stereocenters. The Labute approximate surface area is 137 Å². The molecule has 0 spiro atoms. The second-order valence-corrected chi connectivity index (χ2v) is 6.13. The first kappa shape index (κ1) is 15.6. The summed E-state index contributed by atoms with van der Waals surface area (Å²) in [5.74, 6) is 1.43. The summed E-state index contributed by atoms with van der Waals surface area (Å²) in [5, 5.41) is 0. The van der Waals surface area contributed by atoms with Crippen LogP contribution in [-0.4, -0.2) is 19.6 Å². The zero-order valence-electron chi connectivity index (χ0n) is 14.0. The third kappa shape index (κ3) is 2.96. The van der Waals surface area contributed by atoms with Crippen LogP contribution in [0.25, 0.3) is 0 Å². The number of fused-ring (bicyclic) bond motifs is 1. The van der Waals surface area contributed by atoms with Crippen molar-refractivity contribution in [1.29, 1.82) is 0 Å². The molecule has 0 N–H and O–H groups in total. The zero-order chi connectivity index (χ0) is 16.4. The Kier molecular flexibility index (Phi) is 4.37. The maximum atomic E-state index is 12.8. The van der Waals surface area contributed by atoms with Crippen LogP contribution in [0.3, 0.4) is 0 Å². The lowest BCUT2D eigenvalue weighted by Gasteiger charge is -2.29. The number of hydrogen-bond donors (Lipinski definition) is 0. The molecule has 1 aliphatic rings. The molecule has 0 fully saturated rings. The minimum Gasteiger partial charge on any atom is -0.497 e. The Bertz CT molecular complexity index is 706. The minimum absolute atomic E-state index is 0.0743. The van der Waals surface area contributed by atoms with Crippen LogP contribution in [0.4, 0.5) is 5.69 Å². The van der Waals surface area contributed by atoms with Gasteiger partial charge in [-0.3, -0.25) is 4.79 Å². The molecule has 3 heteroatoms. The Morgan fingerprint density at radius 2 is 1.91 bits per heavy atom. The summed E-state index contributed by atoms with van der Waals surface area (Å²) < 4.78 is 5.25. The Hall–Kier alpha value is -2.29. The Balaban J connectivity index is 1.86. The van der Waals surface area contributed by atoms with E-state index in [0.29, 0.717) is 12.5 Å². The number of methoxy groups -OCH3 is 1. The van der Waals surface area contributed by atoms with Gasteiger partial charge in [-0.15, -0.1) is 0 Å². The van der Waals surface area contributed by atoms with Gasteiger partial charge in [0.25, 0.3) is 5.91 Å². The minimum atomic E-state index is 0.0743. The van der Waals surface area contributed by atoms with E-state index in [1.807, 2.05) is 23.1 Å². The molecule has 0 aromatic heterocycles. The number of anilines is 1. The van der Waals surface area contributed by atoms with E-state index >= 15 is 0 Å². The number of amides is 1. The van der Waals surface area contributed by atoms with Crippen molar-refractivity contribution < 1.29 is 9.53 Å². The molecule has 2 aromatic carbocycles. The van der Waals surface area contributed by atoms with Crippen molar-refractivity contribution in [2.75, 3.05) is 18.6 Å². The van der Waals surface area contributed by atoms with Gasteiger partial charge in [-0.25, -0.2) is 0 Å². The summed E-state index contributed by atoms with van der Waals surface area (Å²) in [6.07, 6.45) is 1.97. The molecule has 0 saturated heterocycles. The SMILES string of the molecule is CC[C@@H](C)c1ccc(N2CCc3cc(OC)ccc3C2=O)cc1. The van der Waals surface area contributed by atoms with Crippen molar-refractivity contribution in [3.63, 3.8) is 0 Å². The van der Waals surface area contributed by atoms with Crippen LogP contribution in [0, 0.1) is 0 Å². The zero-order valence-corrected chi connectivity index (χ0v) is 14.0. The third-order valence-corrected chi connectivity index (χ3v) is 4.78. The van der Waals surface area contributed by atoms with Crippen molar-refractivity contribution in [3.8, 4) is 5.75 Å². The number of nitrogens with zero attached hydrogens (tertiary/aromatic N) is 1. The molecule has 1 atom stereocenters. The number of hydrogen-bond acceptors (Lipinski definition) is 2. The molecular weight excluding hydrogens is 286 g/mol. The highest BCUT2D eigenvalue weighted by Gasteiger charge is 2.25. The summed E-state index contributed by atoms with van der Waals surface area (Å²) >= 11 is 0. The van der Waals surface area contributed by atoms with Crippen LogP contribution in [0.5, 0.6) is 5.75 Å². The van der Waals surface area contributed by atoms with E-state index in [4.69, 9.17) is 4.74 Å². The maximum Gasteiger partial charge on any atom is 0.258 e. The molecule has 1 aliphatic heterocycles. The first-order valence-corrected chi connectivity index (χ1v) is 8.22. The number of rotatable bonds is 4. The molecule has 3 nitrogen and oxygen atoms in total. The van der Waals surface area contributed by atoms with E-state index in [1.54, 1.807) is 7.11 Å². The summed E-state index contributed by atoms with van der Waals surface area (Å²) in [7, 11) is 1.65. The van der Waals surface area contributed by atoms with Gasteiger partial charge in [0.15, 0.2) is 0 Å². The Morgan fingerprint density at radius 1 is 1.17 bits per heavy atom. The fourth-order valence-corrected chi connectivity index (χ4v) is 3.06. The van der Waals surface area contributed by atoms with E-state index in [0.717, 1.165) is 35.4 Å². The highest BCUT2D eigenvalue weighted by atomic mass is 16.5. The van der Waals surface area contributed by atoms with Crippen molar-refractivity contribution in [2.24, 2.45) is 0 Å². The smallest absolute Gasteiger partial charge is 0.258 e. The highest BCUT2D eigenvalue weighted by Crippen LogP contribution is 2.28. The lowest BCUT2D eigenvalue weighted by molar-refractivity contribution is 0.0980. The topological polar surface area (TPSA) is 29.5 Å². The largest absolute Gasteiger partial charge is 0.497 e. The van der Waals surface area contributed by atoms with E-state index in [2.05, 4.69) is 38.1 Å². The van der Waals surface area contributed by atoms with Gasteiger partial charge in [-0.2, -0.15) is 0 Å². The van der Waals surface area contributed by atoms with Gasteiger partial charge in [0.2, 0.25) is 0 Å². The van der Waals surface area contributed by atoms with E-state index < -0.39 is 0 Å². The normalized spacial score (nSPS) is 15.3. The molecule has 0 saturated carbocycles. The van der Waals surface area contributed by atoms with Crippen LogP contribution in [0.15, 0.2) is 42.5 Å². The maximum absolute atomic E-state index is 12.8. The average Bonchev–Trinajstić information content (AvgIpc) is 2.61. The highest BCUT2D eigenvalue weighted by molar-refractivity contribution is 6.08. The number of carbonyl (C=O) groups excluding carboxylic acids is 1. The molecular formula is C20H23NO2.